The van der Waals surface area contributed by atoms with Crippen molar-refractivity contribution in [2.75, 3.05) is 4.90 Å². The fourth-order valence-corrected chi connectivity index (χ4v) is 4.65. The Hall–Kier alpha value is -4.54. The standard InChI is InChI=1S/C23H22N5.C12H8N.Pt/c1-23(2,3)20-16-19(26-27-20)18-12-9-14-22(25-18)28(17-10-5-4-6-11-17)21-13-7-8-15-24-21;1-3-7-11-9(5-1)10-6-2-4-8-12(10)13-11;/h4-16H,1-3H3;1-8H;/q2*-1;+2. The number of pyridine rings is 2. The molecule has 0 aliphatic carbocycles. The maximum atomic E-state index is 4.87. The smallest absolute Gasteiger partial charge is 0.657 e. The van der Waals surface area contributed by atoms with E-state index in [2.05, 4.69) is 77.3 Å². The van der Waals surface area contributed by atoms with E-state index < -0.39 is 0 Å². The third-order valence-corrected chi connectivity index (χ3v) is 6.77. The monoisotopic (exact) mass is 729 g/mol. The Morgan fingerprint density at radius 2 is 1.26 bits per heavy atom. The summed E-state index contributed by atoms with van der Waals surface area (Å²) in [7, 11) is 0. The summed E-state index contributed by atoms with van der Waals surface area (Å²) in [5.74, 6) is 1.59. The quantitative estimate of drug-likeness (QED) is 0.182. The van der Waals surface area contributed by atoms with E-state index in [1.807, 2.05) is 89.8 Å². The van der Waals surface area contributed by atoms with E-state index in [-0.39, 0.29) is 26.5 Å². The summed E-state index contributed by atoms with van der Waals surface area (Å²) in [6.07, 6.45) is 1.79. The average molecular weight is 730 g/mol. The van der Waals surface area contributed by atoms with Crippen molar-refractivity contribution in [3.63, 3.8) is 0 Å². The predicted octanol–water partition coefficient (Wildman–Crippen LogP) is 8.21. The molecule has 4 heterocycles. The first kappa shape index (κ1) is 29.0. The number of nitrogens with zero attached hydrogens (tertiary/aromatic N) is 6. The number of benzene rings is 3. The van der Waals surface area contributed by atoms with Crippen LogP contribution < -0.4 is 15.0 Å². The second kappa shape index (κ2) is 12.5. The number of hydrogen-bond donors (Lipinski definition) is 0. The minimum Gasteiger partial charge on any atom is -0.657 e. The molecular weight excluding hydrogens is 700 g/mol. The van der Waals surface area contributed by atoms with Crippen molar-refractivity contribution in [3.05, 3.63) is 133 Å². The SMILES string of the molecule is CC(C)(C)c1cc(-c2cccc(N(c3ccccc3)c3ccccn3)n2)[n-]n1.[Pt+2].c1ccc2c(c1)[n-]c1ccccc12. The molecule has 0 fully saturated rings. The normalized spacial score (nSPS) is 11.0. The molecule has 210 valence electrons. The van der Waals surface area contributed by atoms with Crippen LogP contribution in [0.1, 0.15) is 26.5 Å². The van der Waals surface area contributed by atoms with Gasteiger partial charge in [-0.1, -0.05) is 111 Å². The second-order valence-corrected chi connectivity index (χ2v) is 10.8. The van der Waals surface area contributed by atoms with Crippen molar-refractivity contribution in [1.82, 2.24) is 25.1 Å². The molecule has 0 amide bonds. The van der Waals surface area contributed by atoms with E-state index in [0.29, 0.717) is 0 Å². The molecular formula is C35H30N6Pt. The Morgan fingerprint density at radius 1 is 0.643 bits per heavy atom. The maximum Gasteiger partial charge on any atom is 2.00 e. The molecule has 4 aromatic heterocycles. The van der Waals surface area contributed by atoms with E-state index in [1.165, 1.54) is 10.8 Å². The zero-order valence-corrected chi connectivity index (χ0v) is 25.9. The first-order valence-corrected chi connectivity index (χ1v) is 13.6. The molecule has 0 aliphatic rings. The maximum absolute atomic E-state index is 4.87. The Kier molecular flexibility index (Phi) is 8.65. The molecule has 0 bridgehead atoms. The van der Waals surface area contributed by atoms with Gasteiger partial charge >= 0.3 is 21.1 Å². The van der Waals surface area contributed by atoms with Crippen LogP contribution in [0.4, 0.5) is 17.3 Å². The molecule has 0 saturated carbocycles. The molecule has 7 rings (SSSR count). The molecule has 0 radical (unpaired) electrons. The van der Waals surface area contributed by atoms with Crippen molar-refractivity contribution in [1.29, 1.82) is 0 Å². The number of fused-ring (bicyclic) bond motifs is 3. The van der Waals surface area contributed by atoms with Crippen LogP contribution in [-0.2, 0) is 26.5 Å². The van der Waals surface area contributed by atoms with Gasteiger partial charge in [-0.25, -0.2) is 9.97 Å². The molecule has 0 aliphatic heterocycles. The minimum absolute atomic E-state index is 0. The largest absolute Gasteiger partial charge is 2.00 e. The summed E-state index contributed by atoms with van der Waals surface area (Å²) < 4.78 is 0. The number of rotatable bonds is 4. The first-order valence-electron chi connectivity index (χ1n) is 13.6. The Balaban J connectivity index is 0.000000209. The Morgan fingerprint density at radius 3 is 1.88 bits per heavy atom. The zero-order valence-electron chi connectivity index (χ0n) is 23.6. The van der Waals surface area contributed by atoms with E-state index >= 15 is 0 Å². The fraction of sp³-hybridized carbons (Fsp3) is 0.114. The summed E-state index contributed by atoms with van der Waals surface area (Å²) in [5, 5.41) is 11.2. The van der Waals surface area contributed by atoms with Gasteiger partial charge in [0.25, 0.3) is 0 Å². The van der Waals surface area contributed by atoms with Crippen LogP contribution in [0.15, 0.2) is 128 Å². The molecule has 0 unspecified atom stereocenters. The van der Waals surface area contributed by atoms with Gasteiger partial charge in [0.1, 0.15) is 11.6 Å². The van der Waals surface area contributed by atoms with Crippen LogP contribution in [0, 0.1) is 0 Å². The molecule has 7 heteroatoms. The topological polar surface area (TPSA) is 70.1 Å². The molecule has 0 N–H and O–H groups in total. The number of para-hydroxylation sites is 3. The van der Waals surface area contributed by atoms with Gasteiger partial charge in [-0.15, -0.1) is 11.0 Å². The van der Waals surface area contributed by atoms with Gasteiger partial charge in [0.15, 0.2) is 0 Å². The molecule has 0 saturated heterocycles. The predicted molar refractivity (Wildman–Crippen MR) is 167 cm³/mol. The summed E-state index contributed by atoms with van der Waals surface area (Å²) in [6, 6.07) is 40.4. The molecule has 3 aromatic carbocycles. The van der Waals surface area contributed by atoms with Crippen molar-refractivity contribution in [3.8, 4) is 11.4 Å². The average Bonchev–Trinajstić information content (AvgIpc) is 3.65. The van der Waals surface area contributed by atoms with Gasteiger partial charge in [-0.3, -0.25) is 4.90 Å². The number of hydrogen-bond acceptors (Lipinski definition) is 4. The van der Waals surface area contributed by atoms with E-state index in [9.17, 15) is 0 Å². The van der Waals surface area contributed by atoms with Crippen LogP contribution >= 0.6 is 0 Å². The van der Waals surface area contributed by atoms with Crippen LogP contribution in [0.3, 0.4) is 0 Å². The molecule has 0 atom stereocenters. The summed E-state index contributed by atoms with van der Waals surface area (Å²) in [4.78, 5) is 16.0. The third-order valence-electron chi connectivity index (χ3n) is 6.77. The Bertz CT molecular complexity index is 1800. The fourth-order valence-electron chi connectivity index (χ4n) is 4.65. The van der Waals surface area contributed by atoms with Gasteiger partial charge in [-0.2, -0.15) is 0 Å². The van der Waals surface area contributed by atoms with Gasteiger partial charge in [0, 0.05) is 23.0 Å². The molecule has 42 heavy (non-hydrogen) atoms. The van der Waals surface area contributed by atoms with Crippen molar-refractivity contribution in [2.24, 2.45) is 0 Å². The van der Waals surface area contributed by atoms with Crippen LogP contribution in [0.2, 0.25) is 0 Å². The zero-order chi connectivity index (χ0) is 28.2. The summed E-state index contributed by atoms with van der Waals surface area (Å²) in [6.45, 7) is 6.38. The Labute approximate surface area is 260 Å². The molecule has 6 nitrogen and oxygen atoms in total. The van der Waals surface area contributed by atoms with Crippen molar-refractivity contribution >= 4 is 39.1 Å². The van der Waals surface area contributed by atoms with Gasteiger partial charge in [0.05, 0.1) is 5.69 Å². The van der Waals surface area contributed by atoms with Gasteiger partial charge < -0.3 is 15.2 Å². The van der Waals surface area contributed by atoms with Crippen molar-refractivity contribution < 1.29 is 21.1 Å². The summed E-state index contributed by atoms with van der Waals surface area (Å²) in [5.41, 5.74) is 5.65. The number of aromatic nitrogens is 5. The second-order valence-electron chi connectivity index (χ2n) is 10.8. The minimum atomic E-state index is -0.0487. The third kappa shape index (κ3) is 6.19. The number of anilines is 3. The van der Waals surface area contributed by atoms with Crippen LogP contribution in [0.25, 0.3) is 33.2 Å². The van der Waals surface area contributed by atoms with Crippen molar-refractivity contribution in [2.45, 2.75) is 26.2 Å². The molecule has 0 spiro atoms. The van der Waals surface area contributed by atoms with Crippen LogP contribution in [0.5, 0.6) is 0 Å². The summed E-state index contributed by atoms with van der Waals surface area (Å²) >= 11 is 0. The first-order chi connectivity index (χ1) is 20.0. The van der Waals surface area contributed by atoms with Crippen LogP contribution in [-0.4, -0.2) is 15.1 Å². The van der Waals surface area contributed by atoms with Gasteiger partial charge in [0.2, 0.25) is 0 Å². The van der Waals surface area contributed by atoms with Gasteiger partial charge in [-0.05, 0) is 47.2 Å². The van der Waals surface area contributed by atoms with E-state index in [0.717, 1.165) is 45.4 Å². The molecule has 7 aromatic rings. The van der Waals surface area contributed by atoms with E-state index in [1.54, 1.807) is 6.20 Å². The van der Waals surface area contributed by atoms with E-state index in [4.69, 9.17) is 4.98 Å².